The molecule has 2 fully saturated rings. The van der Waals surface area contributed by atoms with Crippen molar-refractivity contribution in [3.63, 3.8) is 0 Å². The molecule has 0 aliphatic carbocycles. The molecule has 0 aromatic heterocycles. The molecule has 1 aromatic rings. The van der Waals surface area contributed by atoms with E-state index in [2.05, 4.69) is 5.32 Å². The van der Waals surface area contributed by atoms with Crippen LogP contribution in [0.5, 0.6) is 5.75 Å². The van der Waals surface area contributed by atoms with Crippen LogP contribution in [-0.2, 0) is 15.0 Å². The van der Waals surface area contributed by atoms with Gasteiger partial charge in [0.25, 0.3) is 5.91 Å². The second-order valence-electron chi connectivity index (χ2n) is 5.46. The second-order valence-corrected chi connectivity index (χ2v) is 7.05. The van der Waals surface area contributed by atoms with Gasteiger partial charge in [0.2, 0.25) is 0 Å². The van der Waals surface area contributed by atoms with Crippen molar-refractivity contribution in [3.05, 3.63) is 29.1 Å². The molecule has 2 saturated heterocycles. The first-order valence-electron chi connectivity index (χ1n) is 7.13. The predicted molar refractivity (Wildman–Crippen MR) is 82.6 cm³/mol. The van der Waals surface area contributed by atoms with Crippen molar-refractivity contribution in [3.8, 4) is 5.75 Å². The topological polar surface area (TPSA) is 98.7 Å². The molecule has 0 atom stereocenters. The molecule has 2 heterocycles. The van der Waals surface area contributed by atoms with Crippen LogP contribution < -0.4 is 14.3 Å². The quantitative estimate of drug-likeness (QED) is 0.727. The van der Waals surface area contributed by atoms with Crippen LogP contribution in [0.3, 0.4) is 0 Å². The van der Waals surface area contributed by atoms with E-state index in [0.29, 0.717) is 10.8 Å². The van der Waals surface area contributed by atoms with E-state index in [1.807, 2.05) is 0 Å². The van der Waals surface area contributed by atoms with Crippen LogP contribution in [0.1, 0.15) is 18.4 Å². The fourth-order valence-corrected chi connectivity index (χ4v) is 3.85. The first-order chi connectivity index (χ1) is 10.9. The molecular formula is C14H16FN3O4S. The number of carbonyl (C=O) groups excluding carboxylic acids is 1. The number of piperidine rings is 1. The van der Waals surface area contributed by atoms with Crippen molar-refractivity contribution in [1.29, 1.82) is 0 Å². The lowest BCUT2D eigenvalue weighted by atomic mass is 10.0. The molecule has 3 rings (SSSR count). The van der Waals surface area contributed by atoms with Gasteiger partial charge < -0.3 is 10.4 Å². The van der Waals surface area contributed by atoms with Crippen molar-refractivity contribution >= 4 is 27.9 Å². The highest BCUT2D eigenvalue weighted by Crippen LogP contribution is 2.36. The van der Waals surface area contributed by atoms with Crippen LogP contribution in [0.2, 0.25) is 0 Å². The van der Waals surface area contributed by atoms with Gasteiger partial charge in [-0.05, 0) is 31.5 Å². The lowest BCUT2D eigenvalue weighted by Gasteiger charge is -2.19. The highest BCUT2D eigenvalue weighted by Gasteiger charge is 2.37. The number of halogens is 1. The zero-order chi connectivity index (χ0) is 16.6. The Bertz CT molecular complexity index is 783. The monoisotopic (exact) mass is 341 g/mol. The SMILES string of the molecule is O=C1CN(c2c(O)ccc(/C=C3\CCCNC3)c2F)S(=O)(=O)N1. The molecule has 0 spiro atoms. The Morgan fingerprint density at radius 2 is 2.13 bits per heavy atom. The van der Waals surface area contributed by atoms with Gasteiger partial charge in [-0.15, -0.1) is 0 Å². The fourth-order valence-electron chi connectivity index (χ4n) is 2.69. The summed E-state index contributed by atoms with van der Waals surface area (Å²) in [5, 5.41) is 13.1. The van der Waals surface area contributed by atoms with Crippen LogP contribution in [0.25, 0.3) is 6.08 Å². The average Bonchev–Trinajstić information content (AvgIpc) is 2.76. The van der Waals surface area contributed by atoms with Crippen molar-refractivity contribution in [2.45, 2.75) is 12.8 Å². The summed E-state index contributed by atoms with van der Waals surface area (Å²) in [6, 6.07) is 2.60. The molecule has 1 aromatic carbocycles. The first-order valence-corrected chi connectivity index (χ1v) is 8.57. The second kappa shape index (κ2) is 5.82. The zero-order valence-corrected chi connectivity index (χ0v) is 13.0. The number of carbonyl (C=O) groups is 1. The number of nitrogens with zero attached hydrogens (tertiary/aromatic N) is 1. The van der Waals surface area contributed by atoms with Gasteiger partial charge in [0.1, 0.15) is 18.0 Å². The Morgan fingerprint density at radius 3 is 2.74 bits per heavy atom. The first kappa shape index (κ1) is 15.8. The van der Waals surface area contributed by atoms with Crippen LogP contribution >= 0.6 is 0 Å². The molecule has 0 radical (unpaired) electrons. The largest absolute Gasteiger partial charge is 0.506 e. The summed E-state index contributed by atoms with van der Waals surface area (Å²) in [5.41, 5.74) is 0.651. The maximum Gasteiger partial charge on any atom is 0.326 e. The molecule has 0 saturated carbocycles. The van der Waals surface area contributed by atoms with Crippen LogP contribution in [0.15, 0.2) is 17.7 Å². The van der Waals surface area contributed by atoms with Crippen molar-refractivity contribution in [2.75, 3.05) is 23.9 Å². The van der Waals surface area contributed by atoms with Crippen LogP contribution in [0, 0.1) is 5.82 Å². The van der Waals surface area contributed by atoms with Crippen molar-refractivity contribution in [1.82, 2.24) is 10.0 Å². The standard InChI is InChI=1S/C14H16FN3O4S/c15-13-10(6-9-2-1-5-16-7-9)3-4-11(19)14(13)18-8-12(20)17-23(18,21)22/h3-4,6,16,19H,1-2,5,7-8H2,(H,17,20)/b9-6+. The normalized spacial score (nSPS) is 22.4. The van der Waals surface area contributed by atoms with E-state index < -0.39 is 39.9 Å². The van der Waals surface area contributed by atoms with E-state index in [4.69, 9.17) is 0 Å². The Morgan fingerprint density at radius 1 is 1.35 bits per heavy atom. The number of benzene rings is 1. The smallest absolute Gasteiger partial charge is 0.326 e. The van der Waals surface area contributed by atoms with Crippen molar-refractivity contribution in [2.24, 2.45) is 0 Å². The van der Waals surface area contributed by atoms with Gasteiger partial charge in [-0.2, -0.15) is 8.42 Å². The van der Waals surface area contributed by atoms with Gasteiger partial charge in [-0.1, -0.05) is 11.6 Å². The number of rotatable bonds is 2. The van der Waals surface area contributed by atoms with E-state index in [9.17, 15) is 22.7 Å². The molecule has 7 nitrogen and oxygen atoms in total. The van der Waals surface area contributed by atoms with E-state index in [-0.39, 0.29) is 5.56 Å². The maximum atomic E-state index is 14.7. The summed E-state index contributed by atoms with van der Waals surface area (Å²) in [6.45, 7) is 0.979. The number of hydrogen-bond donors (Lipinski definition) is 3. The number of anilines is 1. The summed E-state index contributed by atoms with van der Waals surface area (Å²) in [5.74, 6) is -2.18. The molecular weight excluding hydrogens is 325 g/mol. The lowest BCUT2D eigenvalue weighted by Crippen LogP contribution is -2.30. The summed E-state index contributed by atoms with van der Waals surface area (Å²) in [7, 11) is -4.18. The molecule has 2 aliphatic rings. The predicted octanol–water partition coefficient (Wildman–Crippen LogP) is 0.479. The number of phenolic OH excluding ortho intramolecular Hbond substituents is 1. The Hall–Kier alpha value is -2.13. The van der Waals surface area contributed by atoms with Crippen LogP contribution in [-0.4, -0.2) is 39.1 Å². The summed E-state index contributed by atoms with van der Waals surface area (Å²) >= 11 is 0. The van der Waals surface area contributed by atoms with Crippen LogP contribution in [0.4, 0.5) is 10.1 Å². The fraction of sp³-hybridized carbons (Fsp3) is 0.357. The average molecular weight is 341 g/mol. The third-order valence-electron chi connectivity index (χ3n) is 3.76. The molecule has 124 valence electrons. The Labute approximate surface area is 133 Å². The highest BCUT2D eigenvalue weighted by atomic mass is 32.2. The van der Waals surface area contributed by atoms with Gasteiger partial charge in [0, 0.05) is 12.1 Å². The van der Waals surface area contributed by atoms with Crippen molar-refractivity contribution < 1.29 is 22.7 Å². The number of amides is 1. The third-order valence-corrected chi connectivity index (χ3v) is 5.14. The minimum Gasteiger partial charge on any atom is -0.506 e. The number of phenols is 1. The maximum absolute atomic E-state index is 14.7. The third kappa shape index (κ3) is 3.02. The molecule has 23 heavy (non-hydrogen) atoms. The summed E-state index contributed by atoms with van der Waals surface area (Å²) in [6.07, 6.45) is 3.41. The Balaban J connectivity index is 2.04. The number of hydrogen-bond acceptors (Lipinski definition) is 5. The van der Waals surface area contributed by atoms with Gasteiger partial charge in [-0.25, -0.2) is 13.4 Å². The van der Waals surface area contributed by atoms with E-state index in [1.165, 1.54) is 12.1 Å². The molecule has 0 bridgehead atoms. The Kier molecular flexibility index (Phi) is 3.99. The number of nitrogens with one attached hydrogen (secondary N) is 2. The van der Waals surface area contributed by atoms with E-state index in [0.717, 1.165) is 25.0 Å². The lowest BCUT2D eigenvalue weighted by molar-refractivity contribution is -0.117. The highest BCUT2D eigenvalue weighted by molar-refractivity contribution is 7.92. The van der Waals surface area contributed by atoms with Gasteiger partial charge in [0.15, 0.2) is 5.82 Å². The molecule has 0 unspecified atom stereocenters. The molecule has 9 heteroatoms. The summed E-state index contributed by atoms with van der Waals surface area (Å²) < 4.78 is 40.8. The number of aromatic hydroxyl groups is 1. The minimum absolute atomic E-state index is 0.172. The van der Waals surface area contributed by atoms with Gasteiger partial charge in [-0.3, -0.25) is 4.79 Å². The van der Waals surface area contributed by atoms with Gasteiger partial charge in [0.05, 0.1) is 0 Å². The minimum atomic E-state index is -4.18. The van der Waals surface area contributed by atoms with E-state index >= 15 is 0 Å². The zero-order valence-electron chi connectivity index (χ0n) is 12.2. The molecule has 3 N–H and O–H groups in total. The molecule has 2 aliphatic heterocycles. The van der Waals surface area contributed by atoms with E-state index in [1.54, 1.807) is 10.8 Å². The van der Waals surface area contributed by atoms with Gasteiger partial charge >= 0.3 is 10.2 Å². The molecule has 1 amide bonds. The summed E-state index contributed by atoms with van der Waals surface area (Å²) in [4.78, 5) is 11.3.